The fraction of sp³-hybridized carbons (Fsp3) is 0.444. The summed E-state index contributed by atoms with van der Waals surface area (Å²) in [5, 5.41) is 21.7. The van der Waals surface area contributed by atoms with Crippen LogP contribution >= 0.6 is 35.6 Å². The number of nitrogens with one attached hydrogen (secondary N) is 2. The molecule has 0 radical (unpaired) electrons. The van der Waals surface area contributed by atoms with Crippen LogP contribution in [0.4, 0.5) is 0 Å². The average Bonchev–Trinajstić information content (AvgIpc) is 3.05. The molecule has 1 heterocycles. The van der Waals surface area contributed by atoms with E-state index in [0.717, 1.165) is 11.1 Å². The molecule has 0 saturated carbocycles. The number of aliphatic imine (C=N–C) groups is 1. The molecule has 7 nitrogen and oxygen atoms in total. The van der Waals surface area contributed by atoms with Crippen LogP contribution in [0.1, 0.15) is 25.0 Å². The summed E-state index contributed by atoms with van der Waals surface area (Å²) in [7, 11) is 3.42. The highest BCUT2D eigenvalue weighted by Crippen LogP contribution is 2.23. The summed E-state index contributed by atoms with van der Waals surface area (Å²) in [5.41, 5.74) is 0.596. The minimum absolute atomic E-state index is 0. The van der Waals surface area contributed by atoms with Crippen LogP contribution in [-0.4, -0.2) is 41.0 Å². The second-order valence-electron chi connectivity index (χ2n) is 6.18. The van der Waals surface area contributed by atoms with E-state index in [1.54, 1.807) is 37.2 Å². The molecule has 0 saturated heterocycles. The number of aryl methyl sites for hydroxylation is 1. The summed E-state index contributed by atoms with van der Waals surface area (Å²) in [6.45, 7) is 5.15. The molecule has 0 fully saturated rings. The van der Waals surface area contributed by atoms with E-state index in [4.69, 9.17) is 16.3 Å². The molecule has 2 aromatic rings. The van der Waals surface area contributed by atoms with Crippen LogP contribution in [0.2, 0.25) is 5.02 Å². The number of halogens is 2. The van der Waals surface area contributed by atoms with Crippen molar-refractivity contribution in [3.8, 4) is 5.75 Å². The molecule has 27 heavy (non-hydrogen) atoms. The van der Waals surface area contributed by atoms with Crippen molar-refractivity contribution in [2.24, 2.45) is 12.0 Å². The predicted octanol–water partition coefficient (Wildman–Crippen LogP) is 2.66. The molecule has 3 N–H and O–H groups in total. The van der Waals surface area contributed by atoms with Crippen LogP contribution in [0, 0.1) is 0 Å². The highest BCUT2D eigenvalue weighted by Gasteiger charge is 2.25. The molecule has 1 unspecified atom stereocenters. The molecule has 0 aliphatic rings. The number of hydrogen-bond donors (Lipinski definition) is 3. The molecule has 1 aromatic heterocycles. The Kier molecular flexibility index (Phi) is 9.34. The number of aliphatic hydroxyl groups is 1. The van der Waals surface area contributed by atoms with Crippen LogP contribution in [0.5, 0.6) is 5.75 Å². The standard InChI is InChI=1S/C18H26ClN5O2.HI/c1-5-20-17(21-9-13-6-7-15(19)8-16(13)26-4)22-12-18(2,25)14-10-23-24(3)11-14;/h6-8,10-11,25H,5,9,12H2,1-4H3,(H2,20,21,22);1H. The first-order valence-corrected chi connectivity index (χ1v) is 8.79. The van der Waals surface area contributed by atoms with Crippen molar-refractivity contribution in [3.05, 3.63) is 46.7 Å². The maximum Gasteiger partial charge on any atom is 0.191 e. The van der Waals surface area contributed by atoms with E-state index in [1.807, 2.05) is 26.1 Å². The Morgan fingerprint density at radius 2 is 2.15 bits per heavy atom. The Morgan fingerprint density at radius 1 is 1.41 bits per heavy atom. The first-order valence-electron chi connectivity index (χ1n) is 8.42. The number of rotatable bonds is 7. The zero-order chi connectivity index (χ0) is 19.2. The van der Waals surface area contributed by atoms with Gasteiger partial charge in [0.2, 0.25) is 0 Å². The zero-order valence-electron chi connectivity index (χ0n) is 16.0. The predicted molar refractivity (Wildman–Crippen MR) is 119 cm³/mol. The first kappa shape index (κ1) is 23.5. The van der Waals surface area contributed by atoms with Gasteiger partial charge in [0.05, 0.1) is 26.4 Å². The SMILES string of the molecule is CCNC(=NCc1ccc(Cl)cc1OC)NCC(C)(O)c1cnn(C)c1.I. The van der Waals surface area contributed by atoms with E-state index in [9.17, 15) is 5.11 Å². The van der Waals surface area contributed by atoms with E-state index >= 15 is 0 Å². The quantitative estimate of drug-likeness (QED) is 0.305. The van der Waals surface area contributed by atoms with Crippen LogP contribution in [-0.2, 0) is 19.2 Å². The van der Waals surface area contributed by atoms with Gasteiger partial charge in [0.25, 0.3) is 0 Å². The van der Waals surface area contributed by atoms with Crippen LogP contribution in [0.15, 0.2) is 35.6 Å². The second kappa shape index (κ2) is 10.7. The maximum atomic E-state index is 10.7. The van der Waals surface area contributed by atoms with E-state index in [-0.39, 0.29) is 24.0 Å². The first-order chi connectivity index (χ1) is 12.4. The van der Waals surface area contributed by atoms with Crippen LogP contribution < -0.4 is 15.4 Å². The van der Waals surface area contributed by atoms with Gasteiger partial charge in [-0.2, -0.15) is 5.10 Å². The van der Waals surface area contributed by atoms with Crippen LogP contribution in [0.25, 0.3) is 0 Å². The van der Waals surface area contributed by atoms with Crippen molar-refractivity contribution < 1.29 is 9.84 Å². The summed E-state index contributed by atoms with van der Waals surface area (Å²) in [4.78, 5) is 4.56. The summed E-state index contributed by atoms with van der Waals surface area (Å²) in [5.74, 6) is 1.30. The van der Waals surface area contributed by atoms with Crippen molar-refractivity contribution in [3.63, 3.8) is 0 Å². The van der Waals surface area contributed by atoms with Crippen molar-refractivity contribution in [1.29, 1.82) is 0 Å². The van der Waals surface area contributed by atoms with Gasteiger partial charge in [-0.05, 0) is 26.0 Å². The number of ether oxygens (including phenoxy) is 1. The number of hydrogen-bond acceptors (Lipinski definition) is 4. The fourth-order valence-corrected chi connectivity index (χ4v) is 2.57. The molecule has 0 bridgehead atoms. The third kappa shape index (κ3) is 6.86. The molecule has 2 rings (SSSR count). The minimum atomic E-state index is -1.07. The lowest BCUT2D eigenvalue weighted by molar-refractivity contribution is 0.0616. The lowest BCUT2D eigenvalue weighted by Gasteiger charge is -2.23. The molecule has 1 atom stereocenters. The van der Waals surface area contributed by atoms with Gasteiger partial charge in [-0.25, -0.2) is 4.99 Å². The lowest BCUT2D eigenvalue weighted by atomic mass is 10.00. The average molecular weight is 508 g/mol. The van der Waals surface area contributed by atoms with Gasteiger partial charge in [0.15, 0.2) is 5.96 Å². The van der Waals surface area contributed by atoms with Crippen molar-refractivity contribution in [1.82, 2.24) is 20.4 Å². The minimum Gasteiger partial charge on any atom is -0.496 e. The third-order valence-electron chi connectivity index (χ3n) is 3.93. The molecular formula is C18H27ClIN5O2. The Hall–Kier alpha value is -1.52. The topological polar surface area (TPSA) is 83.7 Å². The van der Waals surface area contributed by atoms with Crippen molar-refractivity contribution in [2.75, 3.05) is 20.2 Å². The number of methoxy groups -OCH3 is 1. The molecule has 150 valence electrons. The van der Waals surface area contributed by atoms with Gasteiger partial charge in [-0.1, -0.05) is 17.7 Å². The maximum absolute atomic E-state index is 10.7. The molecule has 1 aromatic carbocycles. The molecule has 0 amide bonds. The smallest absolute Gasteiger partial charge is 0.191 e. The third-order valence-corrected chi connectivity index (χ3v) is 4.16. The van der Waals surface area contributed by atoms with E-state index in [1.165, 1.54) is 0 Å². The summed E-state index contributed by atoms with van der Waals surface area (Å²) >= 11 is 5.99. The van der Waals surface area contributed by atoms with Gasteiger partial charge < -0.3 is 20.5 Å². The van der Waals surface area contributed by atoms with Crippen molar-refractivity contribution >= 4 is 41.5 Å². The van der Waals surface area contributed by atoms with Gasteiger partial charge in [-0.15, -0.1) is 24.0 Å². The Labute approximate surface area is 182 Å². The Bertz CT molecular complexity index is 764. The molecular weight excluding hydrogens is 481 g/mol. The largest absolute Gasteiger partial charge is 0.496 e. The van der Waals surface area contributed by atoms with Gasteiger partial charge in [0, 0.05) is 35.9 Å². The molecule has 0 aliphatic heterocycles. The summed E-state index contributed by atoms with van der Waals surface area (Å²) < 4.78 is 7.01. The molecule has 9 heteroatoms. The summed E-state index contributed by atoms with van der Waals surface area (Å²) in [6, 6.07) is 5.46. The fourth-order valence-electron chi connectivity index (χ4n) is 2.41. The van der Waals surface area contributed by atoms with E-state index < -0.39 is 5.60 Å². The molecule has 0 aliphatic carbocycles. The monoisotopic (exact) mass is 507 g/mol. The Morgan fingerprint density at radius 3 is 2.74 bits per heavy atom. The number of aromatic nitrogens is 2. The number of guanidine groups is 1. The summed E-state index contributed by atoms with van der Waals surface area (Å²) in [6.07, 6.45) is 3.45. The van der Waals surface area contributed by atoms with Crippen LogP contribution in [0.3, 0.4) is 0 Å². The van der Waals surface area contributed by atoms with E-state index in [0.29, 0.717) is 36.4 Å². The van der Waals surface area contributed by atoms with Gasteiger partial charge >= 0.3 is 0 Å². The van der Waals surface area contributed by atoms with E-state index in [2.05, 4.69) is 20.7 Å². The van der Waals surface area contributed by atoms with Gasteiger partial charge in [0.1, 0.15) is 11.4 Å². The highest BCUT2D eigenvalue weighted by atomic mass is 127. The lowest BCUT2D eigenvalue weighted by Crippen LogP contribution is -2.44. The van der Waals surface area contributed by atoms with Crippen molar-refractivity contribution in [2.45, 2.75) is 26.0 Å². The second-order valence-corrected chi connectivity index (χ2v) is 6.62. The molecule has 0 spiro atoms. The number of benzene rings is 1. The zero-order valence-corrected chi connectivity index (χ0v) is 19.1. The highest BCUT2D eigenvalue weighted by molar-refractivity contribution is 14.0. The normalized spacial score (nSPS) is 13.5. The number of nitrogens with zero attached hydrogens (tertiary/aromatic N) is 3. The van der Waals surface area contributed by atoms with Gasteiger partial charge in [-0.3, -0.25) is 4.68 Å². The Balaban J connectivity index is 0.00000364.